The van der Waals surface area contributed by atoms with E-state index in [1.54, 1.807) is 44.6 Å². The number of benzene rings is 4. The normalized spacial score (nSPS) is 13.6. The summed E-state index contributed by atoms with van der Waals surface area (Å²) in [7, 11) is 3.27. The Morgan fingerprint density at radius 1 is 0.698 bits per heavy atom. The van der Waals surface area contributed by atoms with Gasteiger partial charge in [-0.15, -0.1) is 0 Å². The molecule has 4 aromatic rings. The number of carbonyl (C=O) groups excluding carboxylic acids is 2. The Labute approximate surface area is 252 Å². The first-order chi connectivity index (χ1) is 20.9. The molecule has 9 nitrogen and oxygen atoms in total. The molecule has 43 heavy (non-hydrogen) atoms. The van der Waals surface area contributed by atoms with E-state index in [1.165, 1.54) is 0 Å². The predicted molar refractivity (Wildman–Crippen MR) is 172 cm³/mol. The van der Waals surface area contributed by atoms with Gasteiger partial charge in [-0.1, -0.05) is 42.5 Å². The third-order valence-corrected chi connectivity index (χ3v) is 7.54. The quantitative estimate of drug-likeness (QED) is 0.220. The molecule has 1 aliphatic heterocycles. The van der Waals surface area contributed by atoms with Crippen LogP contribution in [0.2, 0.25) is 0 Å². The number of rotatable bonds is 9. The number of nitrogens with one attached hydrogen (secondary N) is 3. The van der Waals surface area contributed by atoms with E-state index >= 15 is 0 Å². The molecule has 1 aliphatic rings. The molecule has 1 unspecified atom stereocenters. The topological polar surface area (TPSA) is 95.2 Å². The van der Waals surface area contributed by atoms with E-state index in [2.05, 4.69) is 31.8 Å². The molecule has 1 saturated heterocycles. The molecule has 1 heterocycles. The number of urea groups is 1. The highest BCUT2D eigenvalue weighted by molar-refractivity contribution is 6.04. The van der Waals surface area contributed by atoms with E-state index in [0.717, 1.165) is 48.9 Å². The van der Waals surface area contributed by atoms with Gasteiger partial charge in [0.1, 0.15) is 11.5 Å². The molecule has 0 aromatic heterocycles. The van der Waals surface area contributed by atoms with Gasteiger partial charge in [-0.25, -0.2) is 4.79 Å². The summed E-state index contributed by atoms with van der Waals surface area (Å²) in [6, 6.07) is 29.8. The lowest BCUT2D eigenvalue weighted by Gasteiger charge is -2.38. The van der Waals surface area contributed by atoms with E-state index in [1.807, 2.05) is 67.6 Å². The Hall–Kier alpha value is -5.18. The van der Waals surface area contributed by atoms with Gasteiger partial charge < -0.3 is 35.2 Å². The standard InChI is InChI=1S/C34H37N5O4/c1-24(25-9-5-4-6-10-25)35-33(40)29-23-27(37-34(41)36-26-13-16-28(42-2)17-14-26)15-18-30(29)38-19-21-39(22-20-38)31-11-7-8-12-32(31)43-3/h4-18,23-24H,19-22H2,1-3H3,(H,35,40)(H2,36,37,41). The van der Waals surface area contributed by atoms with Crippen molar-refractivity contribution in [2.24, 2.45) is 0 Å². The number of hydrogen-bond acceptors (Lipinski definition) is 6. The largest absolute Gasteiger partial charge is 0.497 e. The Bertz CT molecular complexity index is 1540. The lowest BCUT2D eigenvalue weighted by molar-refractivity contribution is 0.0940. The van der Waals surface area contributed by atoms with Crippen molar-refractivity contribution in [1.29, 1.82) is 0 Å². The van der Waals surface area contributed by atoms with Gasteiger partial charge in [0.25, 0.3) is 5.91 Å². The van der Waals surface area contributed by atoms with Crippen molar-refractivity contribution in [3.05, 3.63) is 108 Å². The molecule has 0 bridgehead atoms. The second-order valence-corrected chi connectivity index (χ2v) is 10.3. The van der Waals surface area contributed by atoms with Crippen molar-refractivity contribution in [1.82, 2.24) is 5.32 Å². The number of methoxy groups -OCH3 is 2. The number of amides is 3. The fourth-order valence-electron chi connectivity index (χ4n) is 5.22. The minimum Gasteiger partial charge on any atom is -0.497 e. The zero-order chi connectivity index (χ0) is 30.2. The third-order valence-electron chi connectivity index (χ3n) is 7.54. The van der Waals surface area contributed by atoms with Gasteiger partial charge >= 0.3 is 6.03 Å². The summed E-state index contributed by atoms with van der Waals surface area (Å²) in [4.78, 5) is 31.1. The minimum absolute atomic E-state index is 0.195. The molecule has 5 rings (SSSR count). The Morgan fingerprint density at radius 2 is 1.30 bits per heavy atom. The van der Waals surface area contributed by atoms with Gasteiger partial charge in [0.15, 0.2) is 0 Å². The van der Waals surface area contributed by atoms with Gasteiger partial charge in [0.05, 0.1) is 31.5 Å². The molecule has 0 aliphatic carbocycles. The molecule has 9 heteroatoms. The highest BCUT2D eigenvalue weighted by Gasteiger charge is 2.24. The van der Waals surface area contributed by atoms with Gasteiger partial charge in [-0.2, -0.15) is 0 Å². The molecule has 4 aromatic carbocycles. The number of anilines is 4. The van der Waals surface area contributed by atoms with Crippen molar-refractivity contribution >= 4 is 34.7 Å². The van der Waals surface area contributed by atoms with Crippen molar-refractivity contribution in [2.75, 3.05) is 60.8 Å². The fourth-order valence-corrected chi connectivity index (χ4v) is 5.22. The molecule has 1 fully saturated rings. The number of hydrogen-bond donors (Lipinski definition) is 3. The average molecular weight is 580 g/mol. The molecule has 0 radical (unpaired) electrons. The molecular formula is C34H37N5O4. The average Bonchev–Trinajstić information content (AvgIpc) is 3.05. The molecule has 3 N–H and O–H groups in total. The van der Waals surface area contributed by atoms with Crippen LogP contribution in [0.15, 0.2) is 97.1 Å². The van der Waals surface area contributed by atoms with Crippen LogP contribution < -0.4 is 35.2 Å². The highest BCUT2D eigenvalue weighted by Crippen LogP contribution is 2.31. The van der Waals surface area contributed by atoms with Gasteiger partial charge in [-0.3, -0.25) is 4.79 Å². The number of nitrogens with zero attached hydrogens (tertiary/aromatic N) is 2. The maximum Gasteiger partial charge on any atom is 0.323 e. The van der Waals surface area contributed by atoms with E-state index in [-0.39, 0.29) is 11.9 Å². The summed E-state index contributed by atoms with van der Waals surface area (Å²) < 4.78 is 10.8. The van der Waals surface area contributed by atoms with Crippen LogP contribution in [0.4, 0.5) is 27.5 Å². The maximum absolute atomic E-state index is 13.7. The van der Waals surface area contributed by atoms with E-state index in [4.69, 9.17) is 9.47 Å². The Balaban J connectivity index is 1.35. The molecule has 0 saturated carbocycles. The van der Waals surface area contributed by atoms with Crippen molar-refractivity contribution < 1.29 is 19.1 Å². The van der Waals surface area contributed by atoms with Gasteiger partial charge in [0.2, 0.25) is 0 Å². The van der Waals surface area contributed by atoms with Crippen molar-refractivity contribution in [2.45, 2.75) is 13.0 Å². The van der Waals surface area contributed by atoms with Gasteiger partial charge in [-0.05, 0) is 67.1 Å². The van der Waals surface area contributed by atoms with Crippen LogP contribution in [0.25, 0.3) is 0 Å². The van der Waals surface area contributed by atoms with Gasteiger partial charge in [0, 0.05) is 43.2 Å². The molecule has 0 spiro atoms. The van der Waals surface area contributed by atoms with Crippen LogP contribution >= 0.6 is 0 Å². The monoisotopic (exact) mass is 579 g/mol. The smallest absolute Gasteiger partial charge is 0.323 e. The first-order valence-corrected chi connectivity index (χ1v) is 14.3. The molecular weight excluding hydrogens is 542 g/mol. The van der Waals surface area contributed by atoms with Crippen LogP contribution in [-0.2, 0) is 0 Å². The molecule has 1 atom stereocenters. The van der Waals surface area contributed by atoms with Crippen LogP contribution in [0.1, 0.15) is 28.9 Å². The fraction of sp³-hybridized carbons (Fsp3) is 0.235. The molecule has 3 amide bonds. The number of piperazine rings is 1. The van der Waals surface area contributed by atoms with Crippen LogP contribution in [-0.4, -0.2) is 52.3 Å². The second kappa shape index (κ2) is 13.7. The first kappa shape index (κ1) is 29.3. The summed E-state index contributed by atoms with van der Waals surface area (Å²) in [6.07, 6.45) is 0. The van der Waals surface area contributed by atoms with E-state index < -0.39 is 6.03 Å². The lowest BCUT2D eigenvalue weighted by Crippen LogP contribution is -2.47. The number of carbonyl (C=O) groups is 2. The third kappa shape index (κ3) is 7.19. The zero-order valence-electron chi connectivity index (χ0n) is 24.7. The van der Waals surface area contributed by atoms with Crippen LogP contribution in [0.3, 0.4) is 0 Å². The zero-order valence-corrected chi connectivity index (χ0v) is 24.7. The summed E-state index contributed by atoms with van der Waals surface area (Å²) in [5.41, 5.74) is 4.52. The second-order valence-electron chi connectivity index (χ2n) is 10.3. The summed E-state index contributed by atoms with van der Waals surface area (Å²) in [5, 5.41) is 8.83. The van der Waals surface area contributed by atoms with Crippen LogP contribution in [0, 0.1) is 0 Å². The lowest BCUT2D eigenvalue weighted by atomic mass is 10.1. The predicted octanol–water partition coefficient (Wildman–Crippen LogP) is 6.17. The van der Waals surface area contributed by atoms with E-state index in [0.29, 0.717) is 22.7 Å². The van der Waals surface area contributed by atoms with Crippen LogP contribution in [0.5, 0.6) is 11.5 Å². The molecule has 222 valence electrons. The Kier molecular flexibility index (Phi) is 9.31. The van der Waals surface area contributed by atoms with E-state index in [9.17, 15) is 9.59 Å². The number of para-hydroxylation sites is 2. The SMILES string of the molecule is COc1ccc(NC(=O)Nc2ccc(N3CCN(c4ccccc4OC)CC3)c(C(=O)NC(C)c3ccccc3)c2)cc1. The summed E-state index contributed by atoms with van der Waals surface area (Å²) >= 11 is 0. The minimum atomic E-state index is -0.410. The Morgan fingerprint density at radius 3 is 1.98 bits per heavy atom. The van der Waals surface area contributed by atoms with Crippen molar-refractivity contribution in [3.63, 3.8) is 0 Å². The summed E-state index contributed by atoms with van der Waals surface area (Å²) in [6.45, 7) is 4.94. The summed E-state index contributed by atoms with van der Waals surface area (Å²) in [5.74, 6) is 1.33. The number of ether oxygens (including phenoxy) is 2. The first-order valence-electron chi connectivity index (χ1n) is 14.3. The van der Waals surface area contributed by atoms with Crippen molar-refractivity contribution in [3.8, 4) is 11.5 Å². The maximum atomic E-state index is 13.7. The highest BCUT2D eigenvalue weighted by atomic mass is 16.5.